The van der Waals surface area contributed by atoms with Crippen LogP contribution in [0.25, 0.3) is 10.9 Å². The van der Waals surface area contributed by atoms with E-state index in [0.29, 0.717) is 24.5 Å². The van der Waals surface area contributed by atoms with E-state index in [9.17, 15) is 18.0 Å². The molecule has 8 heteroatoms. The van der Waals surface area contributed by atoms with Crippen molar-refractivity contribution in [1.82, 2.24) is 10.3 Å². The molecule has 154 valence electrons. The number of alkyl halides is 2. The first kappa shape index (κ1) is 20.9. The lowest BCUT2D eigenvalue weighted by molar-refractivity contribution is -0.0520. The number of amides is 1. The molecule has 29 heavy (non-hydrogen) atoms. The van der Waals surface area contributed by atoms with Gasteiger partial charge in [-0.25, -0.2) is 4.39 Å². The number of aromatic nitrogens is 1. The number of carbonyl (C=O) groups is 1. The first-order chi connectivity index (χ1) is 14.0. The van der Waals surface area contributed by atoms with Crippen molar-refractivity contribution in [2.45, 2.75) is 38.3 Å². The Morgan fingerprint density at radius 3 is 2.72 bits per heavy atom. The number of fused-ring (bicyclic) bond motifs is 1. The average molecular weight is 406 g/mol. The van der Waals surface area contributed by atoms with Crippen molar-refractivity contribution in [3.8, 4) is 18.1 Å². The number of ether oxygens (including phenoxy) is 2. The molecule has 1 saturated carbocycles. The van der Waals surface area contributed by atoms with Gasteiger partial charge >= 0.3 is 6.61 Å². The van der Waals surface area contributed by atoms with Crippen molar-refractivity contribution in [1.29, 1.82) is 0 Å². The van der Waals surface area contributed by atoms with Crippen LogP contribution in [0.3, 0.4) is 0 Å². The Kier molecular flexibility index (Phi) is 6.94. The van der Waals surface area contributed by atoms with Gasteiger partial charge in [0.05, 0.1) is 17.7 Å². The molecule has 1 fully saturated rings. The highest BCUT2D eigenvalue weighted by Crippen LogP contribution is 2.27. The van der Waals surface area contributed by atoms with Crippen LogP contribution < -0.4 is 10.1 Å². The molecule has 0 spiro atoms. The third kappa shape index (κ3) is 5.61. The van der Waals surface area contributed by atoms with E-state index < -0.39 is 18.2 Å². The van der Waals surface area contributed by atoms with Crippen molar-refractivity contribution >= 4 is 16.8 Å². The van der Waals surface area contributed by atoms with Gasteiger partial charge in [0.15, 0.2) is 11.6 Å². The van der Waals surface area contributed by atoms with E-state index in [0.717, 1.165) is 37.8 Å². The number of nitrogens with one attached hydrogen (secondary N) is 1. The van der Waals surface area contributed by atoms with Gasteiger partial charge in [0.25, 0.3) is 5.91 Å². The molecule has 5 nitrogen and oxygen atoms in total. The van der Waals surface area contributed by atoms with Gasteiger partial charge < -0.3 is 14.8 Å². The van der Waals surface area contributed by atoms with E-state index in [1.165, 1.54) is 12.3 Å². The Hall–Kier alpha value is -2.79. The third-order valence-corrected chi connectivity index (χ3v) is 4.93. The Balaban J connectivity index is 1.60. The fourth-order valence-electron chi connectivity index (χ4n) is 3.47. The predicted octanol–water partition coefficient (Wildman–Crippen LogP) is 3.91. The maximum Gasteiger partial charge on any atom is 0.387 e. The molecule has 1 aromatic carbocycles. The maximum absolute atomic E-state index is 13.9. The standard InChI is InChI=1S/C21H21F3N2O3/c1-2-7-28-12-13-3-5-16(6-4-13)26-20(27)15-8-14-9-17(22)19(29-21(23)24)10-18(14)25-11-15/h1,8-11,13,16,21H,3-7,12H2,(H,26,27)/t13-,16-. The number of rotatable bonds is 7. The molecular weight excluding hydrogens is 385 g/mol. The van der Waals surface area contributed by atoms with E-state index in [4.69, 9.17) is 11.2 Å². The van der Waals surface area contributed by atoms with Crippen molar-refractivity contribution < 1.29 is 27.4 Å². The number of nitrogens with zero attached hydrogens (tertiary/aromatic N) is 1. The van der Waals surface area contributed by atoms with Crippen LogP contribution in [0, 0.1) is 24.1 Å². The number of terminal acetylenes is 1. The smallest absolute Gasteiger partial charge is 0.387 e. The second-order valence-corrected chi connectivity index (χ2v) is 6.99. The van der Waals surface area contributed by atoms with Gasteiger partial charge in [0.2, 0.25) is 0 Å². The number of hydrogen-bond acceptors (Lipinski definition) is 4. The second kappa shape index (κ2) is 9.61. The highest BCUT2D eigenvalue weighted by Gasteiger charge is 2.23. The Labute approximate surface area is 166 Å². The summed E-state index contributed by atoms with van der Waals surface area (Å²) in [6.45, 7) is -2.20. The molecule has 0 radical (unpaired) electrons. The molecule has 1 aromatic heterocycles. The maximum atomic E-state index is 13.9. The summed E-state index contributed by atoms with van der Waals surface area (Å²) in [7, 11) is 0. The predicted molar refractivity (Wildman–Crippen MR) is 101 cm³/mol. The summed E-state index contributed by atoms with van der Waals surface area (Å²) in [6.07, 6.45) is 10.0. The van der Waals surface area contributed by atoms with Gasteiger partial charge in [0.1, 0.15) is 6.61 Å². The van der Waals surface area contributed by atoms with Crippen LogP contribution in [-0.4, -0.2) is 36.8 Å². The van der Waals surface area contributed by atoms with Crippen molar-refractivity contribution in [2.75, 3.05) is 13.2 Å². The van der Waals surface area contributed by atoms with Crippen LogP contribution >= 0.6 is 0 Å². The van der Waals surface area contributed by atoms with E-state index in [1.807, 2.05) is 0 Å². The van der Waals surface area contributed by atoms with Crippen LogP contribution in [-0.2, 0) is 4.74 Å². The molecule has 1 amide bonds. The van der Waals surface area contributed by atoms with Gasteiger partial charge in [-0.05, 0) is 43.7 Å². The van der Waals surface area contributed by atoms with Crippen molar-refractivity contribution in [2.24, 2.45) is 5.92 Å². The van der Waals surface area contributed by atoms with Gasteiger partial charge in [-0.3, -0.25) is 9.78 Å². The van der Waals surface area contributed by atoms with Crippen molar-refractivity contribution in [3.05, 3.63) is 35.8 Å². The van der Waals surface area contributed by atoms with Crippen molar-refractivity contribution in [3.63, 3.8) is 0 Å². The normalized spacial score (nSPS) is 19.1. The second-order valence-electron chi connectivity index (χ2n) is 6.99. The number of hydrogen-bond donors (Lipinski definition) is 1. The minimum absolute atomic E-state index is 0.0423. The summed E-state index contributed by atoms with van der Waals surface area (Å²) >= 11 is 0. The highest BCUT2D eigenvalue weighted by atomic mass is 19.3. The van der Waals surface area contributed by atoms with E-state index >= 15 is 0 Å². The summed E-state index contributed by atoms with van der Waals surface area (Å²) in [6, 6.07) is 3.63. The molecule has 1 heterocycles. The summed E-state index contributed by atoms with van der Waals surface area (Å²) in [5.74, 6) is 1.04. The van der Waals surface area contributed by atoms with E-state index in [-0.39, 0.29) is 23.0 Å². The summed E-state index contributed by atoms with van der Waals surface area (Å²) in [4.78, 5) is 16.6. The lowest BCUT2D eigenvalue weighted by Crippen LogP contribution is -2.38. The minimum Gasteiger partial charge on any atom is -0.432 e. The van der Waals surface area contributed by atoms with E-state index in [2.05, 4.69) is 21.0 Å². The minimum atomic E-state index is -3.13. The fourth-order valence-corrected chi connectivity index (χ4v) is 3.47. The Bertz CT molecular complexity index is 906. The number of halogens is 3. The summed E-state index contributed by atoms with van der Waals surface area (Å²) in [5.41, 5.74) is 0.532. The Morgan fingerprint density at radius 2 is 2.03 bits per heavy atom. The number of carbonyl (C=O) groups excluding carboxylic acids is 1. The van der Waals surface area contributed by atoms with Crippen LogP contribution in [0.2, 0.25) is 0 Å². The summed E-state index contributed by atoms with van der Waals surface area (Å²) < 4.78 is 48.1. The molecule has 0 saturated heterocycles. The van der Waals surface area contributed by atoms with Crippen LogP contribution in [0.15, 0.2) is 24.4 Å². The monoisotopic (exact) mass is 406 g/mol. The van der Waals surface area contributed by atoms with Crippen LogP contribution in [0.5, 0.6) is 5.75 Å². The molecule has 0 unspecified atom stereocenters. The largest absolute Gasteiger partial charge is 0.432 e. The average Bonchev–Trinajstić information content (AvgIpc) is 2.69. The summed E-state index contributed by atoms with van der Waals surface area (Å²) in [5, 5.41) is 3.30. The van der Waals surface area contributed by atoms with Gasteiger partial charge in [-0.15, -0.1) is 6.42 Å². The van der Waals surface area contributed by atoms with Gasteiger partial charge in [0, 0.05) is 23.7 Å². The molecule has 0 aliphatic heterocycles. The van der Waals surface area contributed by atoms with Gasteiger partial charge in [-0.1, -0.05) is 5.92 Å². The quantitative estimate of drug-likeness (QED) is 0.560. The lowest BCUT2D eigenvalue weighted by Gasteiger charge is -2.28. The zero-order chi connectivity index (χ0) is 20.8. The number of pyridine rings is 1. The topological polar surface area (TPSA) is 60.5 Å². The molecule has 1 aliphatic rings. The Morgan fingerprint density at radius 1 is 1.28 bits per heavy atom. The third-order valence-electron chi connectivity index (χ3n) is 4.93. The van der Waals surface area contributed by atoms with Gasteiger partial charge in [-0.2, -0.15) is 8.78 Å². The molecule has 1 N–H and O–H groups in total. The lowest BCUT2D eigenvalue weighted by atomic mass is 9.86. The fraction of sp³-hybridized carbons (Fsp3) is 0.429. The van der Waals surface area contributed by atoms with Crippen LogP contribution in [0.1, 0.15) is 36.0 Å². The molecule has 0 bridgehead atoms. The molecular formula is C21H21F3N2O3. The number of benzene rings is 1. The SMILES string of the molecule is C#CCOC[C@H]1CC[C@H](NC(=O)c2cnc3cc(OC(F)F)c(F)cc3c2)CC1. The zero-order valence-electron chi connectivity index (χ0n) is 15.7. The molecule has 0 atom stereocenters. The first-order valence-electron chi connectivity index (χ1n) is 9.32. The first-order valence-corrected chi connectivity index (χ1v) is 9.32. The molecule has 3 rings (SSSR count). The van der Waals surface area contributed by atoms with Crippen LogP contribution in [0.4, 0.5) is 13.2 Å². The highest BCUT2D eigenvalue weighted by molar-refractivity contribution is 5.97. The van der Waals surface area contributed by atoms with E-state index in [1.54, 1.807) is 0 Å². The molecule has 2 aromatic rings. The molecule has 1 aliphatic carbocycles. The zero-order valence-corrected chi connectivity index (χ0v) is 15.7.